The van der Waals surface area contributed by atoms with Gasteiger partial charge in [0.2, 0.25) is 0 Å². The molecule has 0 aromatic rings. The molecule has 0 spiro atoms. The molecule has 0 aliphatic carbocycles. The first-order chi connectivity index (χ1) is 3.80. The van der Waals surface area contributed by atoms with Crippen LogP contribution in [0.25, 0.3) is 0 Å². The summed E-state index contributed by atoms with van der Waals surface area (Å²) in [6, 6.07) is 0. The fraction of sp³-hybridized carbons (Fsp3) is 0.750. The van der Waals surface area contributed by atoms with Crippen LogP contribution in [0.1, 0.15) is 6.42 Å². The van der Waals surface area contributed by atoms with Gasteiger partial charge in [-0.3, -0.25) is 4.99 Å². The van der Waals surface area contributed by atoms with E-state index in [9.17, 15) is 4.21 Å². The zero-order chi connectivity index (χ0) is 5.98. The minimum Gasteiger partial charge on any atom is -0.306 e. The van der Waals surface area contributed by atoms with Gasteiger partial charge in [-0.2, -0.15) is 0 Å². The number of hydrogen-bond acceptors (Lipinski definition) is 2. The Morgan fingerprint density at radius 2 is 2.62 bits per heavy atom. The van der Waals surface area contributed by atoms with Crippen molar-refractivity contribution in [3.63, 3.8) is 0 Å². The lowest BCUT2D eigenvalue weighted by Crippen LogP contribution is -2.11. The maximum absolute atomic E-state index is 10.2. The topological polar surface area (TPSA) is 49.7 Å². The van der Waals surface area contributed by atoms with Gasteiger partial charge in [-0.05, 0) is 6.42 Å². The zero-order valence-corrected chi connectivity index (χ0v) is 5.10. The van der Waals surface area contributed by atoms with Crippen LogP contribution in [0.5, 0.6) is 0 Å². The predicted octanol–water partition coefficient (Wildman–Crippen LogP) is 0.0512. The fourth-order valence-corrected chi connectivity index (χ4v) is 1.12. The first-order valence-corrected chi connectivity index (χ1v) is 3.57. The quantitative estimate of drug-likeness (QED) is 0.514. The normalized spacial score (nSPS) is 30.9. The fourth-order valence-electron chi connectivity index (χ4n) is 0.621. The average molecular weight is 133 g/mol. The Balaban J connectivity index is 2.48. The van der Waals surface area contributed by atoms with Crippen LogP contribution in [0.4, 0.5) is 0 Å². The van der Waals surface area contributed by atoms with E-state index < -0.39 is 11.1 Å². The molecule has 0 saturated carbocycles. The molecule has 2 unspecified atom stereocenters. The molecule has 1 N–H and O–H groups in total. The summed E-state index contributed by atoms with van der Waals surface area (Å²) < 4.78 is 18.7. The van der Waals surface area contributed by atoms with Gasteiger partial charge in [0.05, 0.1) is 5.25 Å². The number of rotatable bonds is 1. The minimum atomic E-state index is -1.69. The van der Waals surface area contributed by atoms with Crippen molar-refractivity contribution in [3.8, 4) is 0 Å². The first-order valence-electron chi connectivity index (χ1n) is 2.40. The predicted molar refractivity (Wildman–Crippen MR) is 32.5 cm³/mol. The second-order valence-electron chi connectivity index (χ2n) is 1.66. The van der Waals surface area contributed by atoms with Crippen LogP contribution in [0.2, 0.25) is 0 Å². The maximum Gasteiger partial charge on any atom is 0.161 e. The second kappa shape index (κ2) is 2.37. The summed E-state index contributed by atoms with van der Waals surface area (Å²) in [5.74, 6) is 0. The summed E-state index contributed by atoms with van der Waals surface area (Å²) in [5.41, 5.74) is 0. The lowest BCUT2D eigenvalue weighted by molar-refractivity contribution is 0.558. The van der Waals surface area contributed by atoms with Gasteiger partial charge in [0, 0.05) is 12.8 Å². The van der Waals surface area contributed by atoms with Crippen LogP contribution in [-0.4, -0.2) is 26.8 Å². The van der Waals surface area contributed by atoms with E-state index in [0.29, 0.717) is 6.54 Å². The first kappa shape index (κ1) is 5.91. The molecule has 2 atom stereocenters. The number of nitrogens with zero attached hydrogens (tertiary/aromatic N) is 1. The SMILES string of the molecule is O=S(O)C1C=NCC1. The van der Waals surface area contributed by atoms with Gasteiger partial charge in [0.15, 0.2) is 11.1 Å². The van der Waals surface area contributed by atoms with Crippen LogP contribution in [-0.2, 0) is 11.1 Å². The van der Waals surface area contributed by atoms with Crippen molar-refractivity contribution < 1.29 is 8.76 Å². The molecule has 1 aliphatic heterocycles. The molecular weight excluding hydrogens is 126 g/mol. The molecule has 3 nitrogen and oxygen atoms in total. The summed E-state index contributed by atoms with van der Waals surface area (Å²) >= 11 is -1.69. The molecule has 0 bridgehead atoms. The molecule has 0 amide bonds. The van der Waals surface area contributed by atoms with Crippen LogP contribution >= 0.6 is 0 Å². The third kappa shape index (κ3) is 1.14. The van der Waals surface area contributed by atoms with E-state index in [1.54, 1.807) is 6.21 Å². The summed E-state index contributed by atoms with van der Waals surface area (Å²) in [4.78, 5) is 3.81. The van der Waals surface area contributed by atoms with Crippen molar-refractivity contribution in [2.75, 3.05) is 6.54 Å². The largest absolute Gasteiger partial charge is 0.306 e. The Morgan fingerprint density at radius 1 is 1.88 bits per heavy atom. The van der Waals surface area contributed by atoms with Crippen LogP contribution in [0.15, 0.2) is 4.99 Å². The van der Waals surface area contributed by atoms with Gasteiger partial charge in [-0.1, -0.05) is 0 Å². The van der Waals surface area contributed by atoms with Crippen molar-refractivity contribution in [1.29, 1.82) is 0 Å². The van der Waals surface area contributed by atoms with Crippen LogP contribution in [0, 0.1) is 0 Å². The monoisotopic (exact) mass is 133 g/mol. The molecule has 1 heterocycles. The zero-order valence-electron chi connectivity index (χ0n) is 4.28. The van der Waals surface area contributed by atoms with Crippen LogP contribution < -0.4 is 0 Å². The molecule has 0 saturated heterocycles. The summed E-state index contributed by atoms with van der Waals surface area (Å²) in [7, 11) is 0. The van der Waals surface area contributed by atoms with E-state index in [1.807, 2.05) is 0 Å². The molecule has 46 valence electrons. The van der Waals surface area contributed by atoms with E-state index in [0.717, 1.165) is 6.42 Å². The van der Waals surface area contributed by atoms with Crippen molar-refractivity contribution in [1.82, 2.24) is 0 Å². The third-order valence-corrected chi connectivity index (χ3v) is 1.95. The lowest BCUT2D eigenvalue weighted by Gasteiger charge is -1.94. The molecule has 0 aromatic carbocycles. The smallest absolute Gasteiger partial charge is 0.161 e. The summed E-state index contributed by atoms with van der Waals surface area (Å²) in [6.45, 7) is 0.705. The second-order valence-corrected chi connectivity index (χ2v) is 2.82. The van der Waals surface area contributed by atoms with Crippen molar-refractivity contribution >= 4 is 17.3 Å². The maximum atomic E-state index is 10.2. The Morgan fingerprint density at radius 3 is 2.88 bits per heavy atom. The molecule has 8 heavy (non-hydrogen) atoms. The Hall–Kier alpha value is -0.220. The number of aliphatic imine (C=N–C) groups is 1. The van der Waals surface area contributed by atoms with E-state index in [2.05, 4.69) is 4.99 Å². The lowest BCUT2D eigenvalue weighted by atomic mass is 10.4. The standard InChI is InChI=1S/C4H7NO2S/c6-8(7)4-1-2-5-3-4/h3-4H,1-2H2,(H,6,7). The van der Waals surface area contributed by atoms with Gasteiger partial charge in [0.25, 0.3) is 0 Å². The molecule has 0 fully saturated rings. The Kier molecular flexibility index (Phi) is 1.75. The molecule has 0 aromatic heterocycles. The molecule has 1 rings (SSSR count). The van der Waals surface area contributed by atoms with Gasteiger partial charge in [0.1, 0.15) is 0 Å². The van der Waals surface area contributed by atoms with Crippen molar-refractivity contribution in [3.05, 3.63) is 0 Å². The average Bonchev–Trinajstić information content (AvgIpc) is 2.12. The van der Waals surface area contributed by atoms with E-state index in [4.69, 9.17) is 4.55 Å². The van der Waals surface area contributed by atoms with Crippen LogP contribution in [0.3, 0.4) is 0 Å². The summed E-state index contributed by atoms with van der Waals surface area (Å²) in [5, 5.41) is -0.199. The van der Waals surface area contributed by atoms with Crippen molar-refractivity contribution in [2.24, 2.45) is 4.99 Å². The highest BCUT2D eigenvalue weighted by atomic mass is 32.2. The van der Waals surface area contributed by atoms with Gasteiger partial charge >= 0.3 is 0 Å². The van der Waals surface area contributed by atoms with E-state index >= 15 is 0 Å². The highest BCUT2D eigenvalue weighted by Crippen LogP contribution is 2.03. The highest BCUT2D eigenvalue weighted by molar-refractivity contribution is 7.80. The minimum absolute atomic E-state index is 0.199. The molecular formula is C4H7NO2S. The molecule has 4 heteroatoms. The van der Waals surface area contributed by atoms with Crippen molar-refractivity contribution in [2.45, 2.75) is 11.7 Å². The Bertz CT molecular complexity index is 134. The molecule has 1 aliphatic rings. The number of hydrogen-bond donors (Lipinski definition) is 1. The highest BCUT2D eigenvalue weighted by Gasteiger charge is 2.14. The summed E-state index contributed by atoms with van der Waals surface area (Å²) in [6.07, 6.45) is 2.28. The molecule has 0 radical (unpaired) electrons. The third-order valence-electron chi connectivity index (χ3n) is 1.07. The Labute approximate surface area is 50.1 Å². The van der Waals surface area contributed by atoms with E-state index in [1.165, 1.54) is 0 Å². The van der Waals surface area contributed by atoms with E-state index in [-0.39, 0.29) is 5.25 Å². The van der Waals surface area contributed by atoms with Gasteiger partial charge < -0.3 is 4.55 Å². The van der Waals surface area contributed by atoms with Gasteiger partial charge in [-0.15, -0.1) is 0 Å². The van der Waals surface area contributed by atoms with Gasteiger partial charge in [-0.25, -0.2) is 4.21 Å².